The van der Waals surface area contributed by atoms with Crippen LogP contribution in [0.2, 0.25) is 0 Å². The Morgan fingerprint density at radius 2 is 1.94 bits per heavy atom. The number of carbonyl (C=O) groups excluding carboxylic acids is 2. The summed E-state index contributed by atoms with van der Waals surface area (Å²) in [6, 6.07) is 20.0. The highest BCUT2D eigenvalue weighted by atomic mass is 127. The van der Waals surface area contributed by atoms with Crippen LogP contribution < -0.4 is 9.47 Å². The standard InChI is InChI=1S/C26H20INO5/c1-31-26(30)21-9-10-32-25-14-24(18(15-28)13-22(21)25)33-20-7-5-17(6-8-20)23(29)12-16-3-2-4-19(27)11-16/h2-8,11,13-14,21H,9-10,12H2,1H3. The second-order valence-electron chi connectivity index (χ2n) is 7.57. The van der Waals surface area contributed by atoms with E-state index in [-0.39, 0.29) is 17.3 Å². The van der Waals surface area contributed by atoms with Gasteiger partial charge < -0.3 is 14.2 Å². The van der Waals surface area contributed by atoms with Gasteiger partial charge in [0.2, 0.25) is 0 Å². The molecule has 33 heavy (non-hydrogen) atoms. The van der Waals surface area contributed by atoms with Gasteiger partial charge in [0.05, 0.1) is 25.2 Å². The van der Waals surface area contributed by atoms with Gasteiger partial charge in [-0.1, -0.05) is 12.1 Å². The van der Waals surface area contributed by atoms with Crippen molar-refractivity contribution in [1.29, 1.82) is 5.26 Å². The number of rotatable bonds is 6. The quantitative estimate of drug-likeness (QED) is 0.230. The smallest absolute Gasteiger partial charge is 0.313 e. The van der Waals surface area contributed by atoms with Gasteiger partial charge in [0.15, 0.2) is 5.78 Å². The topological polar surface area (TPSA) is 85.6 Å². The lowest BCUT2D eigenvalue weighted by Crippen LogP contribution is -2.22. The molecule has 1 aliphatic heterocycles. The van der Waals surface area contributed by atoms with Gasteiger partial charge in [-0.25, -0.2) is 0 Å². The number of fused-ring (bicyclic) bond motifs is 1. The summed E-state index contributed by atoms with van der Waals surface area (Å²) in [5, 5.41) is 9.62. The summed E-state index contributed by atoms with van der Waals surface area (Å²) in [5.41, 5.74) is 2.45. The van der Waals surface area contributed by atoms with Crippen LogP contribution in [0.25, 0.3) is 0 Å². The van der Waals surface area contributed by atoms with Gasteiger partial charge in [0.1, 0.15) is 23.3 Å². The van der Waals surface area contributed by atoms with E-state index in [1.807, 2.05) is 24.3 Å². The zero-order chi connectivity index (χ0) is 23.4. The third-order valence-corrected chi connectivity index (χ3v) is 6.09. The Balaban J connectivity index is 1.53. The zero-order valence-electron chi connectivity index (χ0n) is 17.8. The van der Waals surface area contributed by atoms with Crippen LogP contribution in [-0.2, 0) is 16.0 Å². The van der Waals surface area contributed by atoms with E-state index in [4.69, 9.17) is 14.2 Å². The van der Waals surface area contributed by atoms with E-state index in [1.54, 1.807) is 36.4 Å². The Labute approximate surface area is 205 Å². The lowest BCUT2D eigenvalue weighted by Gasteiger charge is -2.25. The molecule has 0 saturated heterocycles. The third-order valence-electron chi connectivity index (χ3n) is 5.42. The van der Waals surface area contributed by atoms with E-state index in [9.17, 15) is 14.9 Å². The molecular weight excluding hydrogens is 533 g/mol. The fourth-order valence-corrected chi connectivity index (χ4v) is 4.35. The molecule has 0 amide bonds. The molecule has 0 radical (unpaired) electrons. The van der Waals surface area contributed by atoms with Gasteiger partial charge in [-0.15, -0.1) is 0 Å². The van der Waals surface area contributed by atoms with Crippen LogP contribution in [0.3, 0.4) is 0 Å². The highest BCUT2D eigenvalue weighted by molar-refractivity contribution is 14.1. The maximum absolute atomic E-state index is 12.6. The Morgan fingerprint density at radius 1 is 1.15 bits per heavy atom. The van der Waals surface area contributed by atoms with Gasteiger partial charge in [0.25, 0.3) is 0 Å². The monoisotopic (exact) mass is 553 g/mol. The number of carbonyl (C=O) groups is 2. The minimum Gasteiger partial charge on any atom is -0.493 e. The average molecular weight is 553 g/mol. The van der Waals surface area contributed by atoms with Crippen LogP contribution in [0.1, 0.15) is 39.4 Å². The predicted molar refractivity (Wildman–Crippen MR) is 130 cm³/mol. The molecule has 0 fully saturated rings. The van der Waals surface area contributed by atoms with Crippen LogP contribution in [0.5, 0.6) is 17.2 Å². The molecule has 4 rings (SSSR count). The molecule has 0 bridgehead atoms. The van der Waals surface area contributed by atoms with E-state index in [0.29, 0.717) is 47.8 Å². The van der Waals surface area contributed by atoms with Crippen LogP contribution >= 0.6 is 22.6 Å². The summed E-state index contributed by atoms with van der Waals surface area (Å²) in [6.45, 7) is 0.370. The maximum Gasteiger partial charge on any atom is 0.313 e. The SMILES string of the molecule is COC(=O)C1CCOc2cc(Oc3ccc(C(=O)Cc4cccc(I)c4)cc3)c(C#N)cc21. The molecule has 0 aliphatic carbocycles. The number of nitriles is 1. The summed E-state index contributed by atoms with van der Waals surface area (Å²) in [6.07, 6.45) is 0.807. The number of ether oxygens (including phenoxy) is 3. The predicted octanol–water partition coefficient (Wildman–Crippen LogP) is 5.42. The molecule has 1 unspecified atom stereocenters. The molecule has 166 valence electrons. The van der Waals surface area contributed by atoms with Crippen LogP contribution in [0, 0.1) is 14.9 Å². The molecule has 7 heteroatoms. The number of halogens is 1. The fourth-order valence-electron chi connectivity index (χ4n) is 3.75. The van der Waals surface area contributed by atoms with Crippen molar-refractivity contribution in [2.24, 2.45) is 0 Å². The number of hydrogen-bond donors (Lipinski definition) is 0. The average Bonchev–Trinajstić information content (AvgIpc) is 2.83. The molecule has 1 heterocycles. The number of methoxy groups -OCH3 is 1. The van der Waals surface area contributed by atoms with Gasteiger partial charge in [-0.05, 0) is 77.0 Å². The number of Topliss-reactive ketones (excluding diaryl/α,β-unsaturated/α-hetero) is 1. The number of esters is 1. The number of benzene rings is 3. The molecule has 0 N–H and O–H groups in total. The molecule has 1 aliphatic rings. The van der Waals surface area contributed by atoms with Gasteiger partial charge in [-0.3, -0.25) is 9.59 Å². The lowest BCUT2D eigenvalue weighted by molar-refractivity contribution is -0.143. The first-order chi connectivity index (χ1) is 16.0. The number of nitrogens with zero attached hydrogens (tertiary/aromatic N) is 1. The Bertz CT molecular complexity index is 1250. The first kappa shape index (κ1) is 22.8. The van der Waals surface area contributed by atoms with E-state index < -0.39 is 5.92 Å². The summed E-state index contributed by atoms with van der Waals surface area (Å²) < 4.78 is 17.6. The normalized spacial score (nSPS) is 14.4. The Morgan fingerprint density at radius 3 is 2.64 bits per heavy atom. The zero-order valence-corrected chi connectivity index (χ0v) is 20.0. The first-order valence-electron chi connectivity index (χ1n) is 10.3. The molecule has 1 atom stereocenters. The van der Waals surface area contributed by atoms with E-state index in [1.165, 1.54) is 7.11 Å². The molecule has 3 aromatic rings. The van der Waals surface area contributed by atoms with Gasteiger partial charge >= 0.3 is 5.97 Å². The molecule has 6 nitrogen and oxygen atoms in total. The summed E-state index contributed by atoms with van der Waals surface area (Å²) in [7, 11) is 1.34. The molecular formula is C26H20INO5. The third kappa shape index (κ3) is 5.17. The number of ketones is 1. The van der Waals surface area contributed by atoms with E-state index in [2.05, 4.69) is 28.7 Å². The van der Waals surface area contributed by atoms with Crippen molar-refractivity contribution in [3.63, 3.8) is 0 Å². The largest absolute Gasteiger partial charge is 0.493 e. The van der Waals surface area contributed by atoms with Crippen molar-refractivity contribution in [2.45, 2.75) is 18.8 Å². The summed E-state index contributed by atoms with van der Waals surface area (Å²) >= 11 is 2.22. The first-order valence-corrected chi connectivity index (χ1v) is 11.4. The molecule has 3 aromatic carbocycles. The van der Waals surface area contributed by atoms with Crippen molar-refractivity contribution in [3.05, 3.63) is 86.5 Å². The minimum absolute atomic E-state index is 0.0114. The Kier molecular flexibility index (Phi) is 6.94. The van der Waals surface area contributed by atoms with Crippen molar-refractivity contribution in [3.8, 4) is 23.3 Å². The molecule has 0 spiro atoms. The maximum atomic E-state index is 12.6. The van der Waals surface area contributed by atoms with Gasteiger partial charge in [-0.2, -0.15) is 5.26 Å². The van der Waals surface area contributed by atoms with Gasteiger partial charge in [0, 0.05) is 27.2 Å². The van der Waals surface area contributed by atoms with Crippen molar-refractivity contribution < 1.29 is 23.8 Å². The van der Waals surface area contributed by atoms with E-state index in [0.717, 1.165) is 9.13 Å². The summed E-state index contributed by atoms with van der Waals surface area (Å²) in [4.78, 5) is 24.7. The molecule has 0 saturated carbocycles. The minimum atomic E-state index is -0.474. The summed E-state index contributed by atoms with van der Waals surface area (Å²) in [5.74, 6) is 0.477. The molecule has 0 aromatic heterocycles. The van der Waals surface area contributed by atoms with Crippen LogP contribution in [0.15, 0.2) is 60.7 Å². The van der Waals surface area contributed by atoms with Crippen molar-refractivity contribution in [1.82, 2.24) is 0 Å². The van der Waals surface area contributed by atoms with Crippen molar-refractivity contribution in [2.75, 3.05) is 13.7 Å². The van der Waals surface area contributed by atoms with Crippen LogP contribution in [-0.4, -0.2) is 25.5 Å². The number of hydrogen-bond acceptors (Lipinski definition) is 6. The van der Waals surface area contributed by atoms with E-state index >= 15 is 0 Å². The lowest BCUT2D eigenvalue weighted by atomic mass is 9.91. The highest BCUT2D eigenvalue weighted by Gasteiger charge is 2.30. The van der Waals surface area contributed by atoms with Crippen molar-refractivity contribution >= 4 is 34.3 Å². The van der Waals surface area contributed by atoms with Crippen LogP contribution in [0.4, 0.5) is 0 Å². The second-order valence-corrected chi connectivity index (χ2v) is 8.81. The Hall–Kier alpha value is -3.38. The second kappa shape index (κ2) is 10.0. The fraction of sp³-hybridized carbons (Fsp3) is 0.192. The highest BCUT2D eigenvalue weighted by Crippen LogP contribution is 2.40.